The first-order valence-electron chi connectivity index (χ1n) is 5.90. The zero-order valence-corrected chi connectivity index (χ0v) is 10.7. The predicted octanol–water partition coefficient (Wildman–Crippen LogP) is -0.277. The molecule has 7 nitrogen and oxygen atoms in total. The van der Waals surface area contributed by atoms with Crippen LogP contribution < -0.4 is 5.32 Å². The fraction of sp³-hybridized carbons (Fsp3) is 0.727. The first kappa shape index (κ1) is 14.3. The van der Waals surface area contributed by atoms with Crippen molar-refractivity contribution in [2.75, 3.05) is 27.2 Å². The topological polar surface area (TPSA) is 89.9 Å². The van der Waals surface area contributed by atoms with E-state index >= 15 is 0 Å². The second-order valence-corrected chi connectivity index (χ2v) is 4.47. The molecule has 1 unspecified atom stereocenters. The van der Waals surface area contributed by atoms with Crippen LogP contribution >= 0.6 is 0 Å². The van der Waals surface area contributed by atoms with Crippen molar-refractivity contribution in [3.05, 3.63) is 0 Å². The highest BCUT2D eigenvalue weighted by molar-refractivity contribution is 5.88. The lowest BCUT2D eigenvalue weighted by molar-refractivity contribution is -0.137. The monoisotopic (exact) mass is 257 g/mol. The van der Waals surface area contributed by atoms with E-state index in [1.165, 1.54) is 4.90 Å². The number of hydrogen-bond donors (Lipinski definition) is 2. The van der Waals surface area contributed by atoms with Crippen LogP contribution in [-0.4, -0.2) is 66.0 Å². The molecule has 1 heterocycles. The molecule has 102 valence electrons. The maximum atomic E-state index is 11.7. The number of nitrogens with zero attached hydrogens (tertiary/aromatic N) is 2. The smallest absolute Gasteiger partial charge is 0.317 e. The third kappa shape index (κ3) is 3.90. The Bertz CT molecular complexity index is 345. The number of amides is 3. The summed E-state index contributed by atoms with van der Waals surface area (Å²) in [5, 5.41) is 11.1. The Labute approximate surface area is 106 Å². The largest absolute Gasteiger partial charge is 0.481 e. The van der Waals surface area contributed by atoms with E-state index in [4.69, 9.17) is 5.11 Å². The van der Waals surface area contributed by atoms with Gasteiger partial charge < -0.3 is 20.2 Å². The molecule has 1 atom stereocenters. The summed E-state index contributed by atoms with van der Waals surface area (Å²) in [4.78, 5) is 36.6. The number of rotatable bonds is 5. The molecule has 0 bridgehead atoms. The van der Waals surface area contributed by atoms with Crippen LogP contribution in [0.2, 0.25) is 0 Å². The molecule has 0 spiro atoms. The number of nitrogens with one attached hydrogen (secondary N) is 1. The molecule has 0 aliphatic carbocycles. The molecule has 0 saturated carbocycles. The molecule has 7 heteroatoms. The van der Waals surface area contributed by atoms with Crippen LogP contribution in [0.4, 0.5) is 4.79 Å². The van der Waals surface area contributed by atoms with Crippen LogP contribution in [0, 0.1) is 0 Å². The van der Waals surface area contributed by atoms with Gasteiger partial charge >= 0.3 is 12.0 Å². The van der Waals surface area contributed by atoms with Gasteiger partial charge in [0.05, 0.1) is 0 Å². The number of urea groups is 1. The van der Waals surface area contributed by atoms with Crippen LogP contribution in [0.15, 0.2) is 0 Å². The summed E-state index contributed by atoms with van der Waals surface area (Å²) in [5.41, 5.74) is 0. The molecule has 1 saturated heterocycles. The Morgan fingerprint density at radius 2 is 2.22 bits per heavy atom. The van der Waals surface area contributed by atoms with E-state index < -0.39 is 12.0 Å². The molecule has 1 fully saturated rings. The quantitative estimate of drug-likeness (QED) is 0.709. The molecule has 1 rings (SSSR count). The second kappa shape index (κ2) is 6.23. The van der Waals surface area contributed by atoms with Gasteiger partial charge in [-0.05, 0) is 12.8 Å². The van der Waals surface area contributed by atoms with E-state index in [1.54, 1.807) is 19.0 Å². The van der Waals surface area contributed by atoms with Gasteiger partial charge in [0.1, 0.15) is 6.04 Å². The van der Waals surface area contributed by atoms with Crippen LogP contribution in [0.25, 0.3) is 0 Å². The first-order valence-corrected chi connectivity index (χ1v) is 5.90. The number of aliphatic carboxylic acids is 1. The fourth-order valence-electron chi connectivity index (χ4n) is 1.78. The molecule has 0 radical (unpaired) electrons. The summed E-state index contributed by atoms with van der Waals surface area (Å²) in [6.45, 7) is 1.00. The number of carbonyl (C=O) groups is 3. The lowest BCUT2D eigenvalue weighted by Gasteiger charge is -2.20. The van der Waals surface area contributed by atoms with Gasteiger partial charge in [0.2, 0.25) is 5.91 Å². The van der Waals surface area contributed by atoms with Gasteiger partial charge in [-0.3, -0.25) is 9.59 Å². The molecule has 1 aliphatic heterocycles. The van der Waals surface area contributed by atoms with Crippen LogP contribution in [-0.2, 0) is 9.59 Å². The molecule has 0 aromatic heterocycles. The number of carboxylic acid groups (broad SMARTS) is 1. The van der Waals surface area contributed by atoms with E-state index in [0.717, 1.165) is 0 Å². The summed E-state index contributed by atoms with van der Waals surface area (Å²) in [7, 11) is 3.28. The van der Waals surface area contributed by atoms with Crippen molar-refractivity contribution in [3.63, 3.8) is 0 Å². The van der Waals surface area contributed by atoms with Gasteiger partial charge in [0, 0.05) is 33.6 Å². The van der Waals surface area contributed by atoms with Crippen LogP contribution in [0.5, 0.6) is 0 Å². The minimum Gasteiger partial charge on any atom is -0.481 e. The molecule has 1 aliphatic rings. The van der Waals surface area contributed by atoms with Crippen molar-refractivity contribution in [2.24, 2.45) is 0 Å². The van der Waals surface area contributed by atoms with Crippen molar-refractivity contribution < 1.29 is 19.5 Å². The van der Waals surface area contributed by atoms with Gasteiger partial charge in [-0.1, -0.05) is 0 Å². The van der Waals surface area contributed by atoms with Gasteiger partial charge in [0.25, 0.3) is 0 Å². The average molecular weight is 257 g/mol. The van der Waals surface area contributed by atoms with Gasteiger partial charge in [-0.2, -0.15) is 0 Å². The van der Waals surface area contributed by atoms with Crippen molar-refractivity contribution in [1.82, 2.24) is 15.1 Å². The summed E-state index contributed by atoms with van der Waals surface area (Å²) >= 11 is 0. The van der Waals surface area contributed by atoms with E-state index in [-0.39, 0.29) is 18.4 Å². The number of likely N-dealkylation sites (N-methyl/N-ethyl adjacent to an activating group) is 1. The normalized spacial score (nSPS) is 18.9. The number of likely N-dealkylation sites (tertiary alicyclic amines) is 1. The number of carbonyl (C=O) groups excluding carboxylic acids is 2. The van der Waals surface area contributed by atoms with Crippen molar-refractivity contribution >= 4 is 17.9 Å². The highest BCUT2D eigenvalue weighted by Gasteiger charge is 2.30. The maximum Gasteiger partial charge on any atom is 0.317 e. The molecule has 2 N–H and O–H groups in total. The van der Waals surface area contributed by atoms with E-state index in [2.05, 4.69) is 5.32 Å². The maximum absolute atomic E-state index is 11.7. The van der Waals surface area contributed by atoms with E-state index in [0.29, 0.717) is 25.9 Å². The molecule has 0 aromatic carbocycles. The Morgan fingerprint density at radius 3 is 2.72 bits per heavy atom. The van der Waals surface area contributed by atoms with Crippen molar-refractivity contribution in [2.45, 2.75) is 25.3 Å². The third-order valence-corrected chi connectivity index (χ3v) is 2.96. The SMILES string of the molecule is CN(CCCC(=O)O)C(=O)NC1CCN(C)C1=O. The molecule has 3 amide bonds. The lowest BCUT2D eigenvalue weighted by atomic mass is 10.2. The van der Waals surface area contributed by atoms with Crippen LogP contribution in [0.1, 0.15) is 19.3 Å². The molecular weight excluding hydrogens is 238 g/mol. The molecular formula is C11H19N3O4. The van der Waals surface area contributed by atoms with Crippen LogP contribution in [0.3, 0.4) is 0 Å². The number of carboxylic acids is 1. The molecule has 18 heavy (non-hydrogen) atoms. The summed E-state index contributed by atoms with van der Waals surface area (Å²) < 4.78 is 0. The van der Waals surface area contributed by atoms with Gasteiger partial charge in [-0.25, -0.2) is 4.79 Å². The van der Waals surface area contributed by atoms with E-state index in [1.807, 2.05) is 0 Å². The second-order valence-electron chi connectivity index (χ2n) is 4.47. The standard InChI is InChI=1S/C11H19N3O4/c1-13-7-5-8(10(13)17)12-11(18)14(2)6-3-4-9(15)16/h8H,3-7H2,1-2H3,(H,12,18)(H,15,16). The zero-order valence-electron chi connectivity index (χ0n) is 10.7. The van der Waals surface area contributed by atoms with Gasteiger partial charge in [0.15, 0.2) is 0 Å². The molecule has 0 aromatic rings. The highest BCUT2D eigenvalue weighted by atomic mass is 16.4. The Morgan fingerprint density at radius 1 is 1.56 bits per heavy atom. The van der Waals surface area contributed by atoms with Crippen molar-refractivity contribution in [1.29, 1.82) is 0 Å². The Balaban J connectivity index is 2.31. The zero-order chi connectivity index (χ0) is 13.7. The van der Waals surface area contributed by atoms with E-state index in [9.17, 15) is 14.4 Å². The lowest BCUT2D eigenvalue weighted by Crippen LogP contribution is -2.46. The Hall–Kier alpha value is -1.79. The summed E-state index contributed by atoms with van der Waals surface area (Å²) in [6, 6.07) is -0.793. The average Bonchev–Trinajstić information content (AvgIpc) is 2.60. The highest BCUT2D eigenvalue weighted by Crippen LogP contribution is 2.08. The summed E-state index contributed by atoms with van der Waals surface area (Å²) in [5.74, 6) is -0.960. The predicted molar refractivity (Wildman–Crippen MR) is 64.1 cm³/mol. The fourth-order valence-corrected chi connectivity index (χ4v) is 1.78. The van der Waals surface area contributed by atoms with Gasteiger partial charge in [-0.15, -0.1) is 0 Å². The minimum absolute atomic E-state index is 0.0305. The summed E-state index contributed by atoms with van der Waals surface area (Å²) in [6.07, 6.45) is 1.05. The minimum atomic E-state index is -0.878. The Kier molecular flexibility index (Phi) is 4.94. The van der Waals surface area contributed by atoms with Crippen molar-refractivity contribution in [3.8, 4) is 0 Å². The first-order chi connectivity index (χ1) is 8.41. The third-order valence-electron chi connectivity index (χ3n) is 2.96. The number of hydrogen-bond acceptors (Lipinski definition) is 3.